The first kappa shape index (κ1) is 22.4. The molecule has 0 saturated carbocycles. The lowest BCUT2D eigenvalue weighted by Crippen LogP contribution is -2.35. The molecule has 0 aliphatic carbocycles. The number of anilines is 2. The Bertz CT molecular complexity index is 990. The summed E-state index contributed by atoms with van der Waals surface area (Å²) >= 11 is 5.95. The molecule has 3 aromatic rings. The number of nitrogens with zero attached hydrogens (tertiary/aromatic N) is 1. The Morgan fingerprint density at radius 3 is 2.23 bits per heavy atom. The molecule has 0 fully saturated rings. The number of nitrogens with one attached hydrogen (secondary N) is 2. The number of hydrogen-bond acceptors (Lipinski definition) is 2. The van der Waals surface area contributed by atoms with Crippen LogP contribution in [0, 0.1) is 0 Å². The van der Waals surface area contributed by atoms with Crippen molar-refractivity contribution in [3.8, 4) is 0 Å². The van der Waals surface area contributed by atoms with Crippen molar-refractivity contribution in [3.63, 3.8) is 0 Å². The normalized spacial score (nSPS) is 10.4. The van der Waals surface area contributed by atoms with E-state index in [1.165, 1.54) is 5.56 Å². The van der Waals surface area contributed by atoms with Gasteiger partial charge in [0.15, 0.2) is 0 Å². The molecule has 0 bridgehead atoms. The van der Waals surface area contributed by atoms with Gasteiger partial charge in [-0.25, -0.2) is 4.79 Å². The first-order chi connectivity index (χ1) is 15.1. The summed E-state index contributed by atoms with van der Waals surface area (Å²) in [7, 11) is 0. The summed E-state index contributed by atoms with van der Waals surface area (Å²) in [6, 6.07) is 23.8. The first-order valence-electron chi connectivity index (χ1n) is 10.3. The minimum atomic E-state index is -0.264. The Labute approximate surface area is 188 Å². The third-order valence-electron chi connectivity index (χ3n) is 4.87. The number of urea groups is 1. The highest BCUT2D eigenvalue weighted by atomic mass is 35.5. The molecule has 6 heteroatoms. The number of rotatable bonds is 8. The van der Waals surface area contributed by atoms with Crippen LogP contribution < -0.4 is 15.5 Å². The fourth-order valence-corrected chi connectivity index (χ4v) is 3.27. The van der Waals surface area contributed by atoms with Crippen LogP contribution in [0.25, 0.3) is 0 Å². The molecule has 0 aliphatic heterocycles. The molecule has 0 aliphatic rings. The molecule has 0 heterocycles. The zero-order valence-electron chi connectivity index (χ0n) is 17.5. The minimum Gasteiger partial charge on any atom is -0.338 e. The van der Waals surface area contributed by atoms with Crippen LogP contribution in [0.5, 0.6) is 0 Å². The van der Waals surface area contributed by atoms with E-state index in [9.17, 15) is 9.59 Å². The fourth-order valence-electron chi connectivity index (χ4n) is 3.14. The second-order valence-electron chi connectivity index (χ2n) is 7.08. The van der Waals surface area contributed by atoms with Gasteiger partial charge < -0.3 is 15.5 Å². The Morgan fingerprint density at radius 1 is 0.903 bits per heavy atom. The highest BCUT2D eigenvalue weighted by Gasteiger charge is 2.17. The number of para-hydroxylation sites is 1. The van der Waals surface area contributed by atoms with E-state index in [1.807, 2.05) is 54.6 Å². The van der Waals surface area contributed by atoms with Gasteiger partial charge in [-0.1, -0.05) is 48.9 Å². The van der Waals surface area contributed by atoms with Gasteiger partial charge in [0, 0.05) is 35.1 Å². The van der Waals surface area contributed by atoms with Gasteiger partial charge in [-0.3, -0.25) is 4.79 Å². The van der Waals surface area contributed by atoms with Crippen LogP contribution in [0.1, 0.15) is 29.3 Å². The lowest BCUT2D eigenvalue weighted by molar-refractivity contribution is 0.0986. The predicted octanol–water partition coefficient (Wildman–Crippen LogP) is 5.76. The van der Waals surface area contributed by atoms with Crippen molar-refractivity contribution in [1.82, 2.24) is 5.32 Å². The minimum absolute atomic E-state index is 0.108. The summed E-state index contributed by atoms with van der Waals surface area (Å²) in [5.41, 5.74) is 3.34. The Hall–Kier alpha value is -3.31. The average Bonchev–Trinajstić information content (AvgIpc) is 2.80. The number of carbonyl (C=O) groups is 2. The quantitative estimate of drug-likeness (QED) is 0.442. The van der Waals surface area contributed by atoms with E-state index in [1.54, 1.807) is 29.2 Å². The molecule has 0 saturated heterocycles. The molecule has 0 atom stereocenters. The van der Waals surface area contributed by atoms with Gasteiger partial charge in [-0.15, -0.1) is 0 Å². The first-order valence-corrected chi connectivity index (χ1v) is 10.7. The van der Waals surface area contributed by atoms with Crippen LogP contribution in [0.3, 0.4) is 0 Å². The monoisotopic (exact) mass is 435 g/mol. The Morgan fingerprint density at radius 2 is 1.58 bits per heavy atom. The van der Waals surface area contributed by atoms with E-state index in [0.717, 1.165) is 17.8 Å². The van der Waals surface area contributed by atoms with Crippen molar-refractivity contribution < 1.29 is 9.59 Å². The summed E-state index contributed by atoms with van der Waals surface area (Å²) in [6.45, 7) is 3.00. The van der Waals surface area contributed by atoms with E-state index in [0.29, 0.717) is 30.1 Å². The predicted molar refractivity (Wildman–Crippen MR) is 127 cm³/mol. The van der Waals surface area contributed by atoms with Gasteiger partial charge in [0.2, 0.25) is 0 Å². The van der Waals surface area contributed by atoms with Gasteiger partial charge >= 0.3 is 6.03 Å². The highest BCUT2D eigenvalue weighted by Crippen LogP contribution is 2.19. The third-order valence-corrected chi connectivity index (χ3v) is 5.12. The molecule has 0 radical (unpaired) electrons. The molecule has 0 aromatic heterocycles. The van der Waals surface area contributed by atoms with Crippen molar-refractivity contribution in [2.75, 3.05) is 23.3 Å². The number of hydrogen-bond donors (Lipinski definition) is 2. The van der Waals surface area contributed by atoms with Crippen molar-refractivity contribution >= 4 is 34.9 Å². The van der Waals surface area contributed by atoms with Crippen molar-refractivity contribution in [2.45, 2.75) is 19.8 Å². The SMILES string of the molecule is CCc1ccc(NC(=O)NCCCN(C(=O)c2ccc(Cl)cc2)c2ccccc2)cc1. The number of halogens is 1. The van der Waals surface area contributed by atoms with Crippen LogP contribution in [0.4, 0.5) is 16.2 Å². The molecule has 3 amide bonds. The molecule has 2 N–H and O–H groups in total. The van der Waals surface area contributed by atoms with Crippen LogP contribution in [-0.4, -0.2) is 25.0 Å². The third kappa shape index (κ3) is 6.59. The highest BCUT2D eigenvalue weighted by molar-refractivity contribution is 6.30. The topological polar surface area (TPSA) is 61.4 Å². The fraction of sp³-hybridized carbons (Fsp3) is 0.200. The Kier molecular flexibility index (Phi) is 8.07. The van der Waals surface area contributed by atoms with Crippen LogP contribution >= 0.6 is 11.6 Å². The molecule has 160 valence electrons. The summed E-state index contributed by atoms with van der Waals surface area (Å²) < 4.78 is 0. The largest absolute Gasteiger partial charge is 0.338 e. The van der Waals surface area contributed by atoms with E-state index < -0.39 is 0 Å². The molecule has 3 rings (SSSR count). The number of carbonyl (C=O) groups excluding carboxylic acids is 2. The lowest BCUT2D eigenvalue weighted by Gasteiger charge is -2.23. The molecular formula is C25H26ClN3O2. The van der Waals surface area contributed by atoms with Gasteiger partial charge in [-0.05, 0) is 66.9 Å². The van der Waals surface area contributed by atoms with E-state index in [4.69, 9.17) is 11.6 Å². The van der Waals surface area contributed by atoms with Gasteiger partial charge in [0.05, 0.1) is 0 Å². The molecule has 0 unspecified atom stereocenters. The van der Waals surface area contributed by atoms with Gasteiger partial charge in [-0.2, -0.15) is 0 Å². The smallest absolute Gasteiger partial charge is 0.319 e. The summed E-state index contributed by atoms with van der Waals surface area (Å²) in [5.74, 6) is -0.108. The van der Waals surface area contributed by atoms with E-state index in [2.05, 4.69) is 17.6 Å². The molecule has 3 aromatic carbocycles. The zero-order chi connectivity index (χ0) is 22.1. The Balaban J connectivity index is 1.55. The number of aryl methyl sites for hydroxylation is 1. The van der Waals surface area contributed by atoms with Crippen molar-refractivity contribution in [3.05, 3.63) is 95.0 Å². The molecular weight excluding hydrogens is 410 g/mol. The maximum absolute atomic E-state index is 13.1. The van der Waals surface area contributed by atoms with Gasteiger partial charge in [0.1, 0.15) is 0 Å². The number of benzene rings is 3. The summed E-state index contributed by atoms with van der Waals surface area (Å²) in [4.78, 5) is 26.9. The summed E-state index contributed by atoms with van der Waals surface area (Å²) in [5, 5.41) is 6.26. The van der Waals surface area contributed by atoms with E-state index in [-0.39, 0.29) is 11.9 Å². The van der Waals surface area contributed by atoms with Crippen LogP contribution in [-0.2, 0) is 6.42 Å². The zero-order valence-corrected chi connectivity index (χ0v) is 18.2. The van der Waals surface area contributed by atoms with Crippen LogP contribution in [0.15, 0.2) is 78.9 Å². The maximum Gasteiger partial charge on any atom is 0.319 e. The standard InChI is InChI=1S/C25H26ClN3O2/c1-2-19-9-15-22(16-10-19)28-25(31)27-17-6-18-29(23-7-4-3-5-8-23)24(30)20-11-13-21(26)14-12-20/h3-5,7-16H,2,6,17-18H2,1H3,(H2,27,28,31). The second kappa shape index (κ2) is 11.2. The van der Waals surface area contributed by atoms with Crippen molar-refractivity contribution in [2.24, 2.45) is 0 Å². The van der Waals surface area contributed by atoms with Crippen LogP contribution in [0.2, 0.25) is 5.02 Å². The lowest BCUT2D eigenvalue weighted by atomic mass is 10.1. The molecule has 0 spiro atoms. The molecule has 31 heavy (non-hydrogen) atoms. The maximum atomic E-state index is 13.1. The number of amides is 3. The van der Waals surface area contributed by atoms with Gasteiger partial charge in [0.25, 0.3) is 5.91 Å². The molecule has 5 nitrogen and oxygen atoms in total. The average molecular weight is 436 g/mol. The second-order valence-corrected chi connectivity index (χ2v) is 7.52. The van der Waals surface area contributed by atoms with E-state index >= 15 is 0 Å². The van der Waals surface area contributed by atoms with Crippen molar-refractivity contribution in [1.29, 1.82) is 0 Å². The summed E-state index contributed by atoms with van der Waals surface area (Å²) in [6.07, 6.45) is 1.57.